The number of benzene rings is 1. The Morgan fingerprint density at radius 2 is 1.73 bits per heavy atom. The molecule has 0 radical (unpaired) electrons. The molecule has 26 heavy (non-hydrogen) atoms. The molecule has 0 aliphatic heterocycles. The fourth-order valence-corrected chi connectivity index (χ4v) is 2.38. The SMILES string of the molecule is CCNC(=NCCC(C)c1ccc(OC)cc1)NCCNC(=O)C(C)C. The average Bonchev–Trinajstić information content (AvgIpc) is 2.64. The van der Waals surface area contributed by atoms with Crippen molar-refractivity contribution in [1.82, 2.24) is 16.0 Å². The fourth-order valence-electron chi connectivity index (χ4n) is 2.38. The lowest BCUT2D eigenvalue weighted by Crippen LogP contribution is -2.42. The predicted molar refractivity (Wildman–Crippen MR) is 108 cm³/mol. The topological polar surface area (TPSA) is 74.8 Å². The molecule has 6 nitrogen and oxygen atoms in total. The molecule has 1 unspecified atom stereocenters. The van der Waals surface area contributed by atoms with Gasteiger partial charge < -0.3 is 20.7 Å². The first-order valence-corrected chi connectivity index (χ1v) is 9.41. The van der Waals surface area contributed by atoms with Crippen molar-refractivity contribution in [3.8, 4) is 5.75 Å². The summed E-state index contributed by atoms with van der Waals surface area (Å²) >= 11 is 0. The Kier molecular flexibility index (Phi) is 10.2. The molecule has 0 saturated heterocycles. The quantitative estimate of drug-likeness (QED) is 0.340. The van der Waals surface area contributed by atoms with Gasteiger partial charge in [0, 0.05) is 32.1 Å². The van der Waals surface area contributed by atoms with Gasteiger partial charge in [0.2, 0.25) is 5.91 Å². The van der Waals surface area contributed by atoms with Gasteiger partial charge in [0.1, 0.15) is 5.75 Å². The van der Waals surface area contributed by atoms with E-state index in [1.807, 2.05) is 32.9 Å². The molecule has 0 aliphatic rings. The van der Waals surface area contributed by atoms with E-state index in [0.717, 1.165) is 31.2 Å². The van der Waals surface area contributed by atoms with Crippen molar-refractivity contribution in [2.24, 2.45) is 10.9 Å². The minimum Gasteiger partial charge on any atom is -0.497 e. The minimum atomic E-state index is 0.0105. The number of guanidine groups is 1. The van der Waals surface area contributed by atoms with Gasteiger partial charge in [-0.25, -0.2) is 0 Å². The molecule has 0 fully saturated rings. The Bertz CT molecular complexity index is 555. The summed E-state index contributed by atoms with van der Waals surface area (Å²) in [6.45, 7) is 10.8. The van der Waals surface area contributed by atoms with Crippen molar-refractivity contribution in [3.63, 3.8) is 0 Å². The van der Waals surface area contributed by atoms with Crippen LogP contribution < -0.4 is 20.7 Å². The van der Waals surface area contributed by atoms with Crippen LogP contribution >= 0.6 is 0 Å². The highest BCUT2D eigenvalue weighted by molar-refractivity contribution is 5.80. The second kappa shape index (κ2) is 12.2. The van der Waals surface area contributed by atoms with E-state index in [9.17, 15) is 4.79 Å². The van der Waals surface area contributed by atoms with E-state index in [-0.39, 0.29) is 11.8 Å². The summed E-state index contributed by atoms with van der Waals surface area (Å²) in [4.78, 5) is 16.2. The van der Waals surface area contributed by atoms with Crippen molar-refractivity contribution < 1.29 is 9.53 Å². The Morgan fingerprint density at radius 1 is 1.08 bits per heavy atom. The molecule has 1 amide bonds. The van der Waals surface area contributed by atoms with Crippen LogP contribution in [0, 0.1) is 5.92 Å². The van der Waals surface area contributed by atoms with Crippen LogP contribution in [0.25, 0.3) is 0 Å². The monoisotopic (exact) mass is 362 g/mol. The smallest absolute Gasteiger partial charge is 0.222 e. The van der Waals surface area contributed by atoms with Crippen LogP contribution in [0.4, 0.5) is 0 Å². The van der Waals surface area contributed by atoms with E-state index >= 15 is 0 Å². The third-order valence-electron chi connectivity index (χ3n) is 4.10. The molecule has 0 bridgehead atoms. The van der Waals surface area contributed by atoms with Gasteiger partial charge in [0.25, 0.3) is 0 Å². The number of hydrogen-bond acceptors (Lipinski definition) is 3. The second-order valence-corrected chi connectivity index (χ2v) is 6.60. The van der Waals surface area contributed by atoms with Crippen LogP contribution in [-0.2, 0) is 4.79 Å². The Balaban J connectivity index is 2.40. The largest absolute Gasteiger partial charge is 0.497 e. The van der Waals surface area contributed by atoms with E-state index in [1.54, 1.807) is 7.11 Å². The molecular weight excluding hydrogens is 328 g/mol. The van der Waals surface area contributed by atoms with Crippen molar-refractivity contribution >= 4 is 11.9 Å². The summed E-state index contributed by atoms with van der Waals surface area (Å²) < 4.78 is 5.20. The molecule has 0 aliphatic carbocycles. The number of ether oxygens (including phenoxy) is 1. The van der Waals surface area contributed by atoms with Gasteiger partial charge in [-0.1, -0.05) is 32.9 Å². The van der Waals surface area contributed by atoms with E-state index < -0.39 is 0 Å². The van der Waals surface area contributed by atoms with Crippen LogP contribution in [0.2, 0.25) is 0 Å². The van der Waals surface area contributed by atoms with Crippen LogP contribution in [-0.4, -0.2) is 45.2 Å². The highest BCUT2D eigenvalue weighted by Gasteiger charge is 2.07. The molecule has 6 heteroatoms. The van der Waals surface area contributed by atoms with Gasteiger partial charge in [0.15, 0.2) is 5.96 Å². The lowest BCUT2D eigenvalue weighted by atomic mass is 9.98. The summed E-state index contributed by atoms with van der Waals surface area (Å²) in [7, 11) is 1.68. The Hall–Kier alpha value is -2.24. The van der Waals surface area contributed by atoms with Gasteiger partial charge >= 0.3 is 0 Å². The molecule has 1 aromatic rings. The number of hydrogen-bond donors (Lipinski definition) is 3. The Labute approximate surface area is 157 Å². The molecule has 1 rings (SSSR count). The first-order chi connectivity index (χ1) is 12.5. The van der Waals surface area contributed by atoms with Crippen molar-refractivity contribution in [1.29, 1.82) is 0 Å². The lowest BCUT2D eigenvalue weighted by Gasteiger charge is -2.14. The zero-order chi connectivity index (χ0) is 19.4. The van der Waals surface area contributed by atoms with Crippen LogP contribution in [0.3, 0.4) is 0 Å². The van der Waals surface area contributed by atoms with E-state index in [1.165, 1.54) is 5.56 Å². The number of amides is 1. The van der Waals surface area contributed by atoms with Gasteiger partial charge in [-0.2, -0.15) is 0 Å². The highest BCUT2D eigenvalue weighted by Crippen LogP contribution is 2.21. The van der Waals surface area contributed by atoms with Gasteiger partial charge in [0.05, 0.1) is 7.11 Å². The average molecular weight is 363 g/mol. The minimum absolute atomic E-state index is 0.0105. The highest BCUT2D eigenvalue weighted by atomic mass is 16.5. The number of nitrogens with zero attached hydrogens (tertiary/aromatic N) is 1. The van der Waals surface area contributed by atoms with Crippen molar-refractivity contribution in [2.75, 3.05) is 33.3 Å². The summed E-state index contributed by atoms with van der Waals surface area (Å²) in [6, 6.07) is 8.19. The molecular formula is C20H34N4O2. The molecule has 0 aromatic heterocycles. The molecule has 1 aromatic carbocycles. The first kappa shape index (κ1) is 21.8. The third kappa shape index (κ3) is 8.23. The standard InChI is InChI=1S/C20H34N4O2/c1-6-21-20(24-14-13-22-19(25)15(2)3)23-12-11-16(4)17-7-9-18(26-5)10-8-17/h7-10,15-16H,6,11-14H2,1-5H3,(H,22,25)(H2,21,23,24). The van der Waals surface area contributed by atoms with Crippen molar-refractivity contribution in [3.05, 3.63) is 29.8 Å². The lowest BCUT2D eigenvalue weighted by molar-refractivity contribution is -0.123. The second-order valence-electron chi connectivity index (χ2n) is 6.60. The molecule has 3 N–H and O–H groups in total. The van der Waals surface area contributed by atoms with Crippen molar-refractivity contribution in [2.45, 2.75) is 40.0 Å². The molecule has 146 valence electrons. The van der Waals surface area contributed by atoms with Gasteiger partial charge in [-0.15, -0.1) is 0 Å². The zero-order valence-corrected chi connectivity index (χ0v) is 16.8. The van der Waals surface area contributed by atoms with E-state index in [0.29, 0.717) is 19.0 Å². The van der Waals surface area contributed by atoms with Gasteiger partial charge in [-0.3, -0.25) is 9.79 Å². The van der Waals surface area contributed by atoms with Crippen LogP contribution in [0.15, 0.2) is 29.3 Å². The summed E-state index contributed by atoms with van der Waals surface area (Å²) in [5.74, 6) is 2.17. The number of methoxy groups -OCH3 is 1. The maximum atomic E-state index is 11.5. The fraction of sp³-hybridized carbons (Fsp3) is 0.600. The maximum absolute atomic E-state index is 11.5. The Morgan fingerprint density at radius 3 is 2.31 bits per heavy atom. The van der Waals surface area contributed by atoms with Crippen LogP contribution in [0.1, 0.15) is 45.6 Å². The maximum Gasteiger partial charge on any atom is 0.222 e. The summed E-state index contributed by atoms with van der Waals surface area (Å²) in [5, 5.41) is 9.37. The number of carbonyl (C=O) groups is 1. The molecule has 0 heterocycles. The number of rotatable bonds is 10. The third-order valence-corrected chi connectivity index (χ3v) is 4.10. The number of aliphatic imine (C=N–C) groups is 1. The summed E-state index contributed by atoms with van der Waals surface area (Å²) in [6.07, 6.45) is 0.965. The molecule has 0 spiro atoms. The van der Waals surface area contributed by atoms with Crippen LogP contribution in [0.5, 0.6) is 5.75 Å². The predicted octanol–water partition coefficient (Wildman–Crippen LogP) is 2.52. The zero-order valence-electron chi connectivity index (χ0n) is 16.8. The first-order valence-electron chi connectivity index (χ1n) is 9.41. The van der Waals surface area contributed by atoms with Gasteiger partial charge in [-0.05, 0) is 37.0 Å². The number of nitrogens with one attached hydrogen (secondary N) is 3. The molecule has 1 atom stereocenters. The normalized spacial score (nSPS) is 12.6. The molecule has 0 saturated carbocycles. The van der Waals surface area contributed by atoms with E-state index in [4.69, 9.17) is 4.74 Å². The summed E-state index contributed by atoms with van der Waals surface area (Å²) in [5.41, 5.74) is 1.29. The van der Waals surface area contributed by atoms with E-state index in [2.05, 4.69) is 40.0 Å². The number of carbonyl (C=O) groups excluding carboxylic acids is 1.